The molecule has 116 valence electrons. The standard InChI is InChI=1S/C16H22INO2S/c1-12(16(19)20)4-2-3-11-18-15(21)10-7-13-5-8-14(17)9-6-13/h5-6,8-9,12H,2-4,7,10-11H2,1H3,(H,18,21)(H,19,20)/t12-/m0/s1/i17-4. The van der Waals surface area contributed by atoms with Gasteiger partial charge < -0.3 is 10.4 Å². The molecule has 0 aromatic heterocycles. The van der Waals surface area contributed by atoms with Crippen molar-refractivity contribution in [3.8, 4) is 0 Å². The molecular weight excluding hydrogens is 393 g/mol. The van der Waals surface area contributed by atoms with Crippen molar-refractivity contribution >= 4 is 45.8 Å². The monoisotopic (exact) mass is 415 g/mol. The summed E-state index contributed by atoms with van der Waals surface area (Å²) in [5.74, 6) is -0.964. The van der Waals surface area contributed by atoms with Crippen LogP contribution in [0, 0.1) is 9.49 Å². The number of unbranched alkanes of at least 4 members (excludes halogenated alkanes) is 1. The summed E-state index contributed by atoms with van der Waals surface area (Å²) < 4.78 is 1.24. The summed E-state index contributed by atoms with van der Waals surface area (Å²) in [5, 5.41) is 12.0. The highest BCUT2D eigenvalue weighted by atomic mass is 123. The number of thiocarbonyl (C=S) groups is 1. The van der Waals surface area contributed by atoms with Crippen molar-refractivity contribution < 1.29 is 9.90 Å². The van der Waals surface area contributed by atoms with E-state index in [1.807, 2.05) is 0 Å². The molecule has 0 unspecified atom stereocenters. The van der Waals surface area contributed by atoms with Crippen LogP contribution in [0.3, 0.4) is 0 Å². The number of carbonyl (C=O) groups is 1. The summed E-state index contributed by atoms with van der Waals surface area (Å²) in [7, 11) is 0. The third kappa shape index (κ3) is 8.36. The van der Waals surface area contributed by atoms with Crippen LogP contribution >= 0.6 is 34.8 Å². The van der Waals surface area contributed by atoms with Gasteiger partial charge in [-0.2, -0.15) is 0 Å². The van der Waals surface area contributed by atoms with Crippen LogP contribution in [-0.2, 0) is 11.2 Å². The SMILES string of the molecule is C[C@@H](CCCCNC(=S)CCc1ccc([123I])cc1)C(=O)O. The highest BCUT2D eigenvalue weighted by Crippen LogP contribution is 2.09. The second-order valence-electron chi connectivity index (χ2n) is 5.21. The van der Waals surface area contributed by atoms with Crippen LogP contribution in [0.25, 0.3) is 0 Å². The molecule has 0 aliphatic heterocycles. The number of nitrogens with one attached hydrogen (secondary N) is 1. The number of benzene rings is 1. The van der Waals surface area contributed by atoms with Gasteiger partial charge in [0.05, 0.1) is 10.9 Å². The second-order valence-corrected chi connectivity index (χ2v) is 6.95. The highest BCUT2D eigenvalue weighted by molar-refractivity contribution is 14.1. The van der Waals surface area contributed by atoms with Crippen molar-refractivity contribution in [3.05, 3.63) is 33.4 Å². The first-order valence-electron chi connectivity index (χ1n) is 7.23. The quantitative estimate of drug-likeness (QED) is 0.363. The third-order valence-corrected chi connectivity index (χ3v) is 4.43. The smallest absolute Gasteiger partial charge is 0.306 e. The Morgan fingerprint density at radius 2 is 2.00 bits per heavy atom. The van der Waals surface area contributed by atoms with Gasteiger partial charge in [0.2, 0.25) is 0 Å². The molecule has 0 aliphatic rings. The lowest BCUT2D eigenvalue weighted by Gasteiger charge is -2.09. The average molecular weight is 415 g/mol. The molecule has 0 heterocycles. The zero-order chi connectivity index (χ0) is 15.7. The summed E-state index contributed by atoms with van der Waals surface area (Å²) in [6, 6.07) is 8.49. The molecule has 5 heteroatoms. The number of hydrogen-bond acceptors (Lipinski definition) is 2. The van der Waals surface area contributed by atoms with Gasteiger partial charge in [-0.25, -0.2) is 0 Å². The van der Waals surface area contributed by atoms with Gasteiger partial charge in [-0.15, -0.1) is 0 Å². The molecule has 0 spiro atoms. The van der Waals surface area contributed by atoms with E-state index in [4.69, 9.17) is 17.3 Å². The van der Waals surface area contributed by atoms with Crippen molar-refractivity contribution in [2.45, 2.75) is 39.0 Å². The molecule has 0 amide bonds. The highest BCUT2D eigenvalue weighted by Gasteiger charge is 2.09. The molecule has 0 bridgehead atoms. The zero-order valence-corrected chi connectivity index (χ0v) is 15.2. The molecule has 1 rings (SSSR count). The van der Waals surface area contributed by atoms with E-state index < -0.39 is 5.97 Å². The van der Waals surface area contributed by atoms with Crippen LogP contribution in [0.15, 0.2) is 24.3 Å². The number of hydrogen-bond donors (Lipinski definition) is 2. The number of aliphatic carboxylic acids is 1. The van der Waals surface area contributed by atoms with Crippen LogP contribution in [0.4, 0.5) is 0 Å². The number of carboxylic acid groups (broad SMARTS) is 1. The number of carboxylic acids is 1. The molecule has 1 aromatic rings. The first-order chi connectivity index (χ1) is 9.99. The van der Waals surface area contributed by atoms with Crippen LogP contribution in [0.5, 0.6) is 0 Å². The van der Waals surface area contributed by atoms with Crippen molar-refractivity contribution in [2.24, 2.45) is 5.92 Å². The third-order valence-electron chi connectivity index (χ3n) is 3.36. The lowest BCUT2D eigenvalue weighted by Crippen LogP contribution is -2.23. The molecule has 2 N–H and O–H groups in total. The molecule has 1 aromatic carbocycles. The van der Waals surface area contributed by atoms with Crippen molar-refractivity contribution in [2.75, 3.05) is 6.54 Å². The summed E-state index contributed by atoms with van der Waals surface area (Å²) in [6.07, 6.45) is 4.42. The van der Waals surface area contributed by atoms with E-state index in [1.54, 1.807) is 6.92 Å². The van der Waals surface area contributed by atoms with E-state index in [1.165, 1.54) is 9.13 Å². The molecule has 0 saturated heterocycles. The fourth-order valence-electron chi connectivity index (χ4n) is 1.92. The molecule has 1 atom stereocenters. The topological polar surface area (TPSA) is 49.3 Å². The fourth-order valence-corrected chi connectivity index (χ4v) is 2.49. The Kier molecular flexibility index (Phi) is 8.84. The van der Waals surface area contributed by atoms with E-state index in [-0.39, 0.29) is 5.92 Å². The van der Waals surface area contributed by atoms with Crippen molar-refractivity contribution in [3.63, 3.8) is 0 Å². The Morgan fingerprint density at radius 3 is 2.62 bits per heavy atom. The first-order valence-corrected chi connectivity index (χ1v) is 8.71. The molecule has 3 nitrogen and oxygen atoms in total. The van der Waals surface area contributed by atoms with Gasteiger partial charge in [0.15, 0.2) is 0 Å². The van der Waals surface area contributed by atoms with E-state index in [9.17, 15) is 4.79 Å². The van der Waals surface area contributed by atoms with Gasteiger partial charge >= 0.3 is 5.97 Å². The zero-order valence-electron chi connectivity index (χ0n) is 12.3. The molecule has 0 saturated carbocycles. The van der Waals surface area contributed by atoms with Crippen molar-refractivity contribution in [1.82, 2.24) is 5.32 Å². The second kappa shape index (κ2) is 10.1. The van der Waals surface area contributed by atoms with E-state index in [0.29, 0.717) is 0 Å². The largest absolute Gasteiger partial charge is 0.481 e. The van der Waals surface area contributed by atoms with Crippen molar-refractivity contribution in [1.29, 1.82) is 0 Å². The number of aryl methyl sites for hydroxylation is 1. The average Bonchev–Trinajstić information content (AvgIpc) is 2.46. The molecule has 21 heavy (non-hydrogen) atoms. The van der Waals surface area contributed by atoms with Gasteiger partial charge in [-0.1, -0.05) is 37.7 Å². The van der Waals surface area contributed by atoms with Gasteiger partial charge in [0.1, 0.15) is 0 Å². The first kappa shape index (κ1) is 18.4. The summed E-state index contributed by atoms with van der Waals surface area (Å²) in [6.45, 7) is 2.58. The van der Waals surface area contributed by atoms with Crippen LogP contribution in [0.2, 0.25) is 0 Å². The molecule has 0 fully saturated rings. The Balaban J connectivity index is 2.09. The Morgan fingerprint density at radius 1 is 1.33 bits per heavy atom. The Bertz CT molecular complexity index is 462. The van der Waals surface area contributed by atoms with Gasteiger partial charge in [-0.05, 0) is 59.5 Å². The lowest BCUT2D eigenvalue weighted by molar-refractivity contribution is -0.141. The van der Waals surface area contributed by atoms with Crippen LogP contribution in [0.1, 0.15) is 38.2 Å². The minimum absolute atomic E-state index is 0.252. The van der Waals surface area contributed by atoms with Gasteiger partial charge in [0.25, 0.3) is 0 Å². The predicted octanol–water partition coefficient (Wildman–Crippen LogP) is 4.03. The maximum Gasteiger partial charge on any atom is 0.306 e. The van der Waals surface area contributed by atoms with Crippen LogP contribution in [-0.4, -0.2) is 22.6 Å². The van der Waals surface area contributed by atoms with Crippen LogP contribution < -0.4 is 5.32 Å². The number of rotatable bonds is 9. The summed E-state index contributed by atoms with van der Waals surface area (Å²) in [4.78, 5) is 11.6. The maximum atomic E-state index is 10.7. The lowest BCUT2D eigenvalue weighted by atomic mass is 10.0. The summed E-state index contributed by atoms with van der Waals surface area (Å²) >= 11 is 7.61. The van der Waals surface area contributed by atoms with E-state index in [2.05, 4.69) is 52.2 Å². The van der Waals surface area contributed by atoms with Gasteiger partial charge in [0, 0.05) is 16.5 Å². The normalized spacial score (nSPS) is 11.9. The van der Waals surface area contributed by atoms with E-state index >= 15 is 0 Å². The Labute approximate surface area is 145 Å². The van der Waals surface area contributed by atoms with Gasteiger partial charge in [-0.3, -0.25) is 4.79 Å². The van der Waals surface area contributed by atoms with E-state index in [0.717, 1.165) is 43.6 Å². The molecule has 0 aliphatic carbocycles. The Hall–Kier alpha value is -0.690. The minimum Gasteiger partial charge on any atom is -0.481 e. The molecule has 0 radical (unpaired) electrons. The predicted molar refractivity (Wildman–Crippen MR) is 98.7 cm³/mol. The molecular formula is C16H22INO2S. The fraction of sp³-hybridized carbons (Fsp3) is 0.500. The maximum absolute atomic E-state index is 10.7. The summed E-state index contributed by atoms with van der Waals surface area (Å²) in [5.41, 5.74) is 1.30. The minimum atomic E-state index is -0.712. The number of halogens is 1.